The second kappa shape index (κ2) is 7.51. The highest BCUT2D eigenvalue weighted by Crippen LogP contribution is 2.31. The van der Waals surface area contributed by atoms with Crippen LogP contribution in [0.25, 0.3) is 0 Å². The molecule has 0 saturated carbocycles. The number of hydrogen-bond donors (Lipinski definition) is 1. The SMILES string of the molecule is COc1cc(Cl)c(C)cc1NC(=O)C(C)Sc1ccccn1. The maximum Gasteiger partial charge on any atom is 0.237 e. The van der Waals surface area contributed by atoms with Crippen molar-refractivity contribution in [2.24, 2.45) is 0 Å². The fourth-order valence-electron chi connectivity index (χ4n) is 1.82. The number of thioether (sulfide) groups is 1. The third kappa shape index (κ3) is 4.15. The standard InChI is InChI=1S/C16H17ClN2O2S/c1-10-8-13(14(21-3)9-12(10)17)19-16(20)11(2)22-15-6-4-5-7-18-15/h4-9,11H,1-3H3,(H,19,20). The smallest absolute Gasteiger partial charge is 0.237 e. The number of halogens is 1. The van der Waals surface area contributed by atoms with E-state index in [1.54, 1.807) is 25.4 Å². The Morgan fingerprint density at radius 1 is 1.41 bits per heavy atom. The van der Waals surface area contributed by atoms with Crippen LogP contribution in [0.5, 0.6) is 5.75 Å². The van der Waals surface area contributed by atoms with Crippen molar-refractivity contribution in [3.63, 3.8) is 0 Å². The Balaban J connectivity index is 2.10. The zero-order chi connectivity index (χ0) is 16.1. The number of methoxy groups -OCH3 is 1. The number of aromatic nitrogens is 1. The Labute approximate surface area is 139 Å². The maximum absolute atomic E-state index is 12.3. The average molecular weight is 337 g/mol. The summed E-state index contributed by atoms with van der Waals surface area (Å²) in [4.78, 5) is 16.5. The van der Waals surface area contributed by atoms with E-state index in [1.165, 1.54) is 11.8 Å². The zero-order valence-corrected chi connectivity index (χ0v) is 14.2. The van der Waals surface area contributed by atoms with E-state index in [1.807, 2.05) is 32.0 Å². The Hall–Kier alpha value is -1.72. The molecule has 0 saturated heterocycles. The van der Waals surface area contributed by atoms with Crippen molar-refractivity contribution in [1.29, 1.82) is 0 Å². The summed E-state index contributed by atoms with van der Waals surface area (Å²) in [6.07, 6.45) is 1.71. The number of ether oxygens (including phenoxy) is 1. The van der Waals surface area contributed by atoms with Gasteiger partial charge in [-0.05, 0) is 37.6 Å². The lowest BCUT2D eigenvalue weighted by molar-refractivity contribution is -0.115. The lowest BCUT2D eigenvalue weighted by Gasteiger charge is -2.15. The largest absolute Gasteiger partial charge is 0.495 e. The van der Waals surface area contributed by atoms with Crippen molar-refractivity contribution >= 4 is 35.0 Å². The molecule has 0 fully saturated rings. The van der Waals surface area contributed by atoms with Gasteiger partial charge in [-0.1, -0.05) is 29.4 Å². The Morgan fingerprint density at radius 2 is 2.18 bits per heavy atom. The first kappa shape index (κ1) is 16.6. The molecule has 1 atom stereocenters. The van der Waals surface area contributed by atoms with Crippen LogP contribution in [0.3, 0.4) is 0 Å². The van der Waals surface area contributed by atoms with Gasteiger partial charge in [-0.15, -0.1) is 0 Å². The molecule has 1 aromatic carbocycles. The second-order valence-electron chi connectivity index (χ2n) is 4.72. The van der Waals surface area contributed by atoms with Gasteiger partial charge in [0.15, 0.2) is 0 Å². The van der Waals surface area contributed by atoms with Crippen LogP contribution in [0.15, 0.2) is 41.6 Å². The molecule has 4 nitrogen and oxygen atoms in total. The van der Waals surface area contributed by atoms with Gasteiger partial charge in [0.2, 0.25) is 5.91 Å². The molecule has 0 bridgehead atoms. The average Bonchev–Trinajstić information content (AvgIpc) is 2.51. The molecule has 0 spiro atoms. The van der Waals surface area contributed by atoms with Crippen molar-refractivity contribution < 1.29 is 9.53 Å². The molecule has 2 aromatic rings. The predicted molar refractivity (Wildman–Crippen MR) is 90.9 cm³/mol. The molecule has 2 rings (SSSR count). The molecule has 1 amide bonds. The highest BCUT2D eigenvalue weighted by molar-refractivity contribution is 8.00. The summed E-state index contributed by atoms with van der Waals surface area (Å²) in [6.45, 7) is 3.72. The Morgan fingerprint density at radius 3 is 2.82 bits per heavy atom. The highest BCUT2D eigenvalue weighted by Gasteiger charge is 2.17. The van der Waals surface area contributed by atoms with Crippen LogP contribution in [-0.2, 0) is 4.79 Å². The minimum absolute atomic E-state index is 0.115. The molecule has 1 aromatic heterocycles. The molecule has 0 aliphatic rings. The minimum Gasteiger partial charge on any atom is -0.495 e. The summed E-state index contributed by atoms with van der Waals surface area (Å²) in [7, 11) is 1.54. The van der Waals surface area contributed by atoms with Crippen LogP contribution in [0, 0.1) is 6.92 Å². The zero-order valence-electron chi connectivity index (χ0n) is 12.6. The summed E-state index contributed by atoms with van der Waals surface area (Å²) in [5.74, 6) is 0.426. The summed E-state index contributed by atoms with van der Waals surface area (Å²) in [5, 5.41) is 4.01. The molecule has 1 N–H and O–H groups in total. The molecule has 1 heterocycles. The van der Waals surface area contributed by atoms with E-state index in [9.17, 15) is 4.79 Å². The predicted octanol–water partition coefficient (Wildman–Crippen LogP) is 4.17. The van der Waals surface area contributed by atoms with E-state index in [4.69, 9.17) is 16.3 Å². The fraction of sp³-hybridized carbons (Fsp3) is 0.250. The van der Waals surface area contributed by atoms with Crippen molar-refractivity contribution in [1.82, 2.24) is 4.98 Å². The summed E-state index contributed by atoms with van der Waals surface area (Å²) >= 11 is 7.47. The highest BCUT2D eigenvalue weighted by atomic mass is 35.5. The van der Waals surface area contributed by atoms with E-state index in [2.05, 4.69) is 10.3 Å². The number of hydrogen-bond acceptors (Lipinski definition) is 4. The van der Waals surface area contributed by atoms with E-state index < -0.39 is 0 Å². The van der Waals surface area contributed by atoms with Crippen LogP contribution < -0.4 is 10.1 Å². The minimum atomic E-state index is -0.282. The second-order valence-corrected chi connectivity index (χ2v) is 6.49. The van der Waals surface area contributed by atoms with Crippen molar-refractivity contribution in [2.45, 2.75) is 24.1 Å². The molecule has 22 heavy (non-hydrogen) atoms. The monoisotopic (exact) mass is 336 g/mol. The first-order chi connectivity index (χ1) is 10.5. The van der Waals surface area contributed by atoms with Crippen molar-refractivity contribution in [2.75, 3.05) is 12.4 Å². The van der Waals surface area contributed by atoms with Crippen molar-refractivity contribution in [3.05, 3.63) is 47.1 Å². The van der Waals surface area contributed by atoms with Gasteiger partial charge in [-0.3, -0.25) is 4.79 Å². The quantitative estimate of drug-likeness (QED) is 0.832. The third-order valence-electron chi connectivity index (χ3n) is 3.04. The number of carbonyl (C=O) groups is 1. The molecule has 0 aliphatic carbocycles. The van der Waals surface area contributed by atoms with Gasteiger partial charge in [-0.2, -0.15) is 0 Å². The molecule has 6 heteroatoms. The number of amides is 1. The topological polar surface area (TPSA) is 51.2 Å². The molecule has 116 valence electrons. The Kier molecular flexibility index (Phi) is 5.69. The Bertz CT molecular complexity index is 665. The van der Waals surface area contributed by atoms with E-state index in [0.29, 0.717) is 16.5 Å². The maximum atomic E-state index is 12.3. The van der Waals surface area contributed by atoms with E-state index in [0.717, 1.165) is 10.6 Å². The van der Waals surface area contributed by atoms with Gasteiger partial charge < -0.3 is 10.1 Å². The molecule has 0 aliphatic heterocycles. The van der Waals surface area contributed by atoms with Crippen LogP contribution >= 0.6 is 23.4 Å². The molecular weight excluding hydrogens is 320 g/mol. The van der Waals surface area contributed by atoms with Crippen LogP contribution in [0.4, 0.5) is 5.69 Å². The van der Waals surface area contributed by atoms with Gasteiger partial charge in [0.25, 0.3) is 0 Å². The molecule has 1 unspecified atom stereocenters. The van der Waals surface area contributed by atoms with Crippen LogP contribution in [0.2, 0.25) is 5.02 Å². The summed E-state index contributed by atoms with van der Waals surface area (Å²) in [6, 6.07) is 9.11. The first-order valence-electron chi connectivity index (χ1n) is 6.74. The van der Waals surface area contributed by atoms with Gasteiger partial charge in [-0.25, -0.2) is 4.98 Å². The number of pyridine rings is 1. The number of benzene rings is 1. The van der Waals surface area contributed by atoms with Crippen LogP contribution in [0.1, 0.15) is 12.5 Å². The number of aryl methyl sites for hydroxylation is 1. The van der Waals surface area contributed by atoms with Gasteiger partial charge in [0.05, 0.1) is 23.1 Å². The number of nitrogens with zero attached hydrogens (tertiary/aromatic N) is 1. The van der Waals surface area contributed by atoms with Crippen molar-refractivity contribution in [3.8, 4) is 5.75 Å². The van der Waals surface area contributed by atoms with E-state index in [-0.39, 0.29) is 11.2 Å². The fourth-order valence-corrected chi connectivity index (χ4v) is 2.78. The lowest BCUT2D eigenvalue weighted by atomic mass is 10.2. The number of carbonyl (C=O) groups excluding carboxylic acids is 1. The van der Waals surface area contributed by atoms with E-state index >= 15 is 0 Å². The van der Waals surface area contributed by atoms with Gasteiger partial charge >= 0.3 is 0 Å². The number of rotatable bonds is 5. The molecule has 0 radical (unpaired) electrons. The third-order valence-corrected chi connectivity index (χ3v) is 4.50. The van der Waals surface area contributed by atoms with Gasteiger partial charge in [0, 0.05) is 17.3 Å². The number of anilines is 1. The normalized spacial score (nSPS) is 11.8. The summed E-state index contributed by atoms with van der Waals surface area (Å²) in [5.41, 5.74) is 1.49. The summed E-state index contributed by atoms with van der Waals surface area (Å²) < 4.78 is 5.26. The van der Waals surface area contributed by atoms with Crippen LogP contribution in [-0.4, -0.2) is 23.3 Å². The molecular formula is C16H17ClN2O2S. The lowest BCUT2D eigenvalue weighted by Crippen LogP contribution is -2.22. The first-order valence-corrected chi connectivity index (χ1v) is 7.99. The number of nitrogens with one attached hydrogen (secondary N) is 1. The van der Waals surface area contributed by atoms with Gasteiger partial charge in [0.1, 0.15) is 5.75 Å².